The Balaban J connectivity index is 2.09. The molecule has 0 unspecified atom stereocenters. The van der Waals surface area contributed by atoms with Crippen molar-refractivity contribution in [2.75, 3.05) is 17.2 Å². The summed E-state index contributed by atoms with van der Waals surface area (Å²) in [4.78, 5) is 10.4. The summed E-state index contributed by atoms with van der Waals surface area (Å²) in [6.07, 6.45) is 5.46. The molecule has 4 heteroatoms. The summed E-state index contributed by atoms with van der Waals surface area (Å²) in [5.74, 6) is 0.815. The summed E-state index contributed by atoms with van der Waals surface area (Å²) in [7, 11) is 0. The number of hydrogen-bond donors (Lipinski definition) is 1. The predicted octanol–water partition coefficient (Wildman–Crippen LogP) is 2.45. The van der Waals surface area contributed by atoms with Crippen LogP contribution in [0.2, 0.25) is 0 Å². The van der Waals surface area contributed by atoms with Crippen molar-refractivity contribution in [3.63, 3.8) is 0 Å². The lowest BCUT2D eigenvalue weighted by Crippen LogP contribution is -2.26. The smallest absolute Gasteiger partial charge is 0.159 e. The lowest BCUT2D eigenvalue weighted by atomic mass is 9.99. The Morgan fingerprint density at radius 3 is 3.06 bits per heavy atom. The van der Waals surface area contributed by atoms with E-state index in [1.165, 1.54) is 16.8 Å². The molecule has 0 saturated heterocycles. The van der Waals surface area contributed by atoms with E-state index in [1.807, 2.05) is 0 Å². The molecule has 0 atom stereocenters. The molecule has 0 saturated carbocycles. The van der Waals surface area contributed by atoms with Gasteiger partial charge in [-0.2, -0.15) is 0 Å². The van der Waals surface area contributed by atoms with Gasteiger partial charge in [-0.05, 0) is 31.4 Å². The van der Waals surface area contributed by atoms with Crippen LogP contribution in [-0.4, -0.2) is 16.5 Å². The van der Waals surface area contributed by atoms with Gasteiger partial charge >= 0.3 is 0 Å². The Morgan fingerprint density at radius 1 is 1.33 bits per heavy atom. The van der Waals surface area contributed by atoms with Crippen molar-refractivity contribution in [2.45, 2.75) is 19.8 Å². The summed E-state index contributed by atoms with van der Waals surface area (Å²) >= 11 is 0. The lowest BCUT2D eigenvalue weighted by molar-refractivity contribution is 0.758. The fraction of sp³-hybridized carbons (Fsp3) is 0.286. The van der Waals surface area contributed by atoms with Crippen LogP contribution in [-0.2, 0) is 6.42 Å². The van der Waals surface area contributed by atoms with E-state index >= 15 is 0 Å². The van der Waals surface area contributed by atoms with E-state index < -0.39 is 0 Å². The van der Waals surface area contributed by atoms with Crippen LogP contribution in [0, 0.1) is 6.92 Å². The SMILES string of the molecule is Cc1ccc2c(c1)CCCN2c1ncncc1N. The van der Waals surface area contributed by atoms with Crippen molar-refractivity contribution in [1.29, 1.82) is 0 Å². The van der Waals surface area contributed by atoms with Crippen molar-refractivity contribution in [1.82, 2.24) is 9.97 Å². The number of nitrogen functional groups attached to an aromatic ring is 1. The normalized spacial score (nSPS) is 14.4. The molecule has 0 spiro atoms. The molecular formula is C14H16N4. The Hall–Kier alpha value is -2.10. The highest BCUT2D eigenvalue weighted by Crippen LogP contribution is 2.34. The molecule has 92 valence electrons. The molecule has 0 amide bonds. The zero-order valence-electron chi connectivity index (χ0n) is 10.4. The first kappa shape index (κ1) is 11.0. The first-order valence-corrected chi connectivity index (χ1v) is 6.18. The maximum atomic E-state index is 5.97. The third-order valence-corrected chi connectivity index (χ3v) is 3.33. The van der Waals surface area contributed by atoms with Gasteiger partial charge in [0.15, 0.2) is 5.82 Å². The van der Waals surface area contributed by atoms with Crippen LogP contribution in [0.25, 0.3) is 0 Å². The van der Waals surface area contributed by atoms with Gasteiger partial charge in [-0.15, -0.1) is 0 Å². The second kappa shape index (κ2) is 4.29. The Morgan fingerprint density at radius 2 is 2.22 bits per heavy atom. The van der Waals surface area contributed by atoms with Crippen LogP contribution < -0.4 is 10.6 Å². The van der Waals surface area contributed by atoms with Crippen LogP contribution in [0.3, 0.4) is 0 Å². The van der Waals surface area contributed by atoms with Gasteiger partial charge in [0, 0.05) is 12.2 Å². The maximum absolute atomic E-state index is 5.97. The van der Waals surface area contributed by atoms with Crippen LogP contribution in [0.4, 0.5) is 17.2 Å². The van der Waals surface area contributed by atoms with Crippen molar-refractivity contribution < 1.29 is 0 Å². The quantitative estimate of drug-likeness (QED) is 0.832. The predicted molar refractivity (Wildman–Crippen MR) is 73.0 cm³/mol. The minimum absolute atomic E-state index is 0.630. The average Bonchev–Trinajstić information content (AvgIpc) is 2.38. The van der Waals surface area contributed by atoms with Crippen LogP contribution >= 0.6 is 0 Å². The van der Waals surface area contributed by atoms with Gasteiger partial charge in [0.25, 0.3) is 0 Å². The molecule has 3 rings (SSSR count). The Labute approximate surface area is 106 Å². The molecule has 0 radical (unpaired) electrons. The molecule has 0 bridgehead atoms. The van der Waals surface area contributed by atoms with Gasteiger partial charge in [-0.3, -0.25) is 0 Å². The van der Waals surface area contributed by atoms with Gasteiger partial charge in [-0.25, -0.2) is 9.97 Å². The average molecular weight is 240 g/mol. The molecule has 2 N–H and O–H groups in total. The van der Waals surface area contributed by atoms with E-state index in [0.29, 0.717) is 5.69 Å². The number of rotatable bonds is 1. The van der Waals surface area contributed by atoms with Gasteiger partial charge in [0.1, 0.15) is 6.33 Å². The molecule has 18 heavy (non-hydrogen) atoms. The minimum atomic E-state index is 0.630. The Kier molecular flexibility index (Phi) is 2.63. The maximum Gasteiger partial charge on any atom is 0.159 e. The highest BCUT2D eigenvalue weighted by Gasteiger charge is 2.20. The van der Waals surface area contributed by atoms with Gasteiger partial charge < -0.3 is 10.6 Å². The highest BCUT2D eigenvalue weighted by molar-refractivity contribution is 5.73. The van der Waals surface area contributed by atoms with E-state index in [2.05, 4.69) is 40.0 Å². The first-order valence-electron chi connectivity index (χ1n) is 6.18. The Bertz CT molecular complexity index is 580. The summed E-state index contributed by atoms with van der Waals surface area (Å²) in [6, 6.07) is 6.54. The van der Waals surface area contributed by atoms with Crippen LogP contribution in [0.5, 0.6) is 0 Å². The number of hydrogen-bond acceptors (Lipinski definition) is 4. The highest BCUT2D eigenvalue weighted by atomic mass is 15.2. The van der Waals surface area contributed by atoms with Crippen molar-refractivity contribution >= 4 is 17.2 Å². The number of nitrogens with two attached hydrogens (primary N) is 1. The molecular weight excluding hydrogens is 224 g/mol. The number of benzene rings is 1. The molecule has 0 fully saturated rings. The first-order chi connectivity index (χ1) is 8.75. The van der Waals surface area contributed by atoms with Crippen molar-refractivity contribution in [3.8, 4) is 0 Å². The summed E-state index contributed by atoms with van der Waals surface area (Å²) < 4.78 is 0. The molecule has 4 nitrogen and oxygen atoms in total. The lowest BCUT2D eigenvalue weighted by Gasteiger charge is -2.31. The fourth-order valence-corrected chi connectivity index (χ4v) is 2.51. The third kappa shape index (κ3) is 1.79. The third-order valence-electron chi connectivity index (χ3n) is 3.33. The molecule has 1 aliphatic rings. The van der Waals surface area contributed by atoms with Crippen LogP contribution in [0.1, 0.15) is 17.5 Å². The minimum Gasteiger partial charge on any atom is -0.394 e. The summed E-state index contributed by atoms with van der Waals surface area (Å²) in [6.45, 7) is 3.08. The second-order valence-electron chi connectivity index (χ2n) is 4.69. The van der Waals surface area contributed by atoms with Gasteiger partial charge in [-0.1, -0.05) is 17.7 Å². The van der Waals surface area contributed by atoms with E-state index in [4.69, 9.17) is 5.73 Å². The van der Waals surface area contributed by atoms with Crippen molar-refractivity contribution in [3.05, 3.63) is 41.9 Å². The van der Waals surface area contributed by atoms with E-state index in [0.717, 1.165) is 25.2 Å². The second-order valence-corrected chi connectivity index (χ2v) is 4.69. The number of anilines is 3. The molecule has 2 heterocycles. The zero-order valence-corrected chi connectivity index (χ0v) is 10.4. The zero-order chi connectivity index (χ0) is 12.5. The van der Waals surface area contributed by atoms with Crippen LogP contribution in [0.15, 0.2) is 30.7 Å². The van der Waals surface area contributed by atoms with Gasteiger partial charge in [0.2, 0.25) is 0 Å². The van der Waals surface area contributed by atoms with Gasteiger partial charge in [0.05, 0.1) is 11.9 Å². The largest absolute Gasteiger partial charge is 0.394 e. The van der Waals surface area contributed by atoms with E-state index in [9.17, 15) is 0 Å². The standard InChI is InChI=1S/C14H16N4/c1-10-4-5-13-11(7-10)3-2-6-18(13)14-12(15)8-16-9-17-14/h4-5,7-9H,2-3,6,15H2,1H3. The molecule has 1 aromatic heterocycles. The number of aromatic nitrogens is 2. The molecule has 1 aliphatic heterocycles. The topological polar surface area (TPSA) is 55.0 Å². The fourth-order valence-electron chi connectivity index (χ4n) is 2.51. The van der Waals surface area contributed by atoms with E-state index in [-0.39, 0.29) is 0 Å². The molecule has 2 aromatic rings. The summed E-state index contributed by atoms with van der Waals surface area (Å²) in [5.41, 5.74) is 10.5. The number of nitrogens with zero attached hydrogens (tertiary/aromatic N) is 3. The van der Waals surface area contributed by atoms with Crippen molar-refractivity contribution in [2.24, 2.45) is 0 Å². The number of aryl methyl sites for hydroxylation is 2. The van der Waals surface area contributed by atoms with E-state index in [1.54, 1.807) is 12.5 Å². The monoisotopic (exact) mass is 240 g/mol. The number of fused-ring (bicyclic) bond motifs is 1. The summed E-state index contributed by atoms with van der Waals surface area (Å²) in [5, 5.41) is 0. The molecule has 0 aliphatic carbocycles. The molecule has 1 aromatic carbocycles.